The molecule has 0 spiro atoms. The SMILES string of the molecule is C/C=C/C[C@@H](C)[C@@H](O)[C@H]1C(=O)N[C@@H](CC)C(=O)N(C)CC(=O)N(C)[C@@H](CC(C)C)C(=O)N[C@@H](C(C)C)C(=O)N(C)[C@@H](CC(C)C)C(=O)N[C@@H](C)C(=O)N[C@H](C)C(=O)N(C)[C@@H](CC(C)C)C(=O)N(C)[C@@H](CC(C)C)C(=O)N(C)[C@@H](C(C)C)C(=O)N1C.C=CC[C@H](C(=O)NO)[C@@H](CC(C)C)C(=O)N[C@H](C(=O)NC)C(C)(C)C. The maximum atomic E-state index is 15.1. The number of aliphatic hydroxyl groups is 1. The van der Waals surface area contributed by atoms with E-state index in [4.69, 9.17) is 5.21 Å². The molecule has 30 nitrogen and oxygen atoms in total. The Morgan fingerprint density at radius 2 is 0.964 bits per heavy atom. The molecule has 0 aliphatic carbocycles. The number of nitrogens with one attached hydrogen (secondary N) is 7. The van der Waals surface area contributed by atoms with E-state index in [1.165, 1.54) is 94.7 Å². The summed E-state index contributed by atoms with van der Waals surface area (Å²) in [5.74, 6) is -12.3. The Bertz CT molecular complexity index is 3110. The number of allylic oxidation sites excluding steroid dienone is 3. The molecular weight excluding hydrogens is 1410 g/mol. The zero-order valence-electron chi connectivity index (χ0n) is 72.2. The average molecular weight is 1560 g/mol. The smallest absolute Gasteiger partial charge is 0.247 e. The number of hydroxylamine groups is 1. The third kappa shape index (κ3) is 30.6. The molecule has 0 aromatic rings. The lowest BCUT2D eigenvalue weighted by atomic mass is 9.80. The fourth-order valence-electron chi connectivity index (χ4n) is 13.4. The number of amides is 14. The Hall–Kier alpha value is -8.02. The topological polar surface area (TPSA) is 386 Å². The van der Waals surface area contributed by atoms with Crippen molar-refractivity contribution >= 4 is 82.7 Å². The number of nitrogens with zero attached hydrogens (tertiary/aromatic N) is 7. The quantitative estimate of drug-likeness (QED) is 0.0353. The number of rotatable bonds is 24. The highest BCUT2D eigenvalue weighted by Gasteiger charge is 2.47. The summed E-state index contributed by atoms with van der Waals surface area (Å²) in [4.78, 5) is 206. The molecule has 0 bridgehead atoms. The van der Waals surface area contributed by atoms with Gasteiger partial charge in [0.2, 0.25) is 82.7 Å². The molecule has 14 amide bonds. The van der Waals surface area contributed by atoms with Gasteiger partial charge in [0, 0.05) is 56.4 Å². The molecule has 1 aliphatic rings. The zero-order valence-corrected chi connectivity index (χ0v) is 72.2. The van der Waals surface area contributed by atoms with Crippen molar-refractivity contribution in [3.8, 4) is 0 Å². The Morgan fingerprint density at radius 1 is 0.518 bits per heavy atom. The molecule has 630 valence electrons. The second-order valence-electron chi connectivity index (χ2n) is 33.9. The van der Waals surface area contributed by atoms with Gasteiger partial charge in [-0.15, -0.1) is 6.58 Å². The molecule has 1 heterocycles. The first kappa shape index (κ1) is 102. The molecule has 1 saturated heterocycles. The molecule has 0 unspecified atom stereocenters. The van der Waals surface area contributed by atoms with Gasteiger partial charge >= 0.3 is 0 Å². The summed E-state index contributed by atoms with van der Waals surface area (Å²) in [5.41, 5.74) is 1.14. The second-order valence-corrected chi connectivity index (χ2v) is 33.9. The molecule has 0 radical (unpaired) electrons. The van der Waals surface area contributed by atoms with Crippen molar-refractivity contribution in [1.29, 1.82) is 0 Å². The molecule has 0 saturated carbocycles. The fourth-order valence-corrected chi connectivity index (χ4v) is 13.4. The van der Waals surface area contributed by atoms with E-state index in [-0.39, 0.29) is 79.9 Å². The third-order valence-electron chi connectivity index (χ3n) is 20.2. The van der Waals surface area contributed by atoms with Crippen LogP contribution >= 0.6 is 0 Å². The Kier molecular flexibility index (Phi) is 43.9. The average Bonchev–Trinajstić information content (AvgIpc) is 0.801. The first-order valence-electron chi connectivity index (χ1n) is 39.1. The summed E-state index contributed by atoms with van der Waals surface area (Å²) in [5, 5.41) is 37.4. The lowest BCUT2D eigenvalue weighted by Crippen LogP contribution is -2.63. The van der Waals surface area contributed by atoms with Crippen molar-refractivity contribution in [3.63, 3.8) is 0 Å². The van der Waals surface area contributed by atoms with Gasteiger partial charge in [-0.3, -0.25) is 72.3 Å². The van der Waals surface area contributed by atoms with Crippen molar-refractivity contribution in [2.24, 2.45) is 64.6 Å². The molecule has 110 heavy (non-hydrogen) atoms. The van der Waals surface area contributed by atoms with Gasteiger partial charge in [-0.05, 0) is 125 Å². The third-order valence-corrected chi connectivity index (χ3v) is 20.2. The predicted molar refractivity (Wildman–Crippen MR) is 425 cm³/mol. The van der Waals surface area contributed by atoms with Gasteiger partial charge in [0.15, 0.2) is 0 Å². The minimum atomic E-state index is -1.61. The van der Waals surface area contributed by atoms with Gasteiger partial charge in [0.05, 0.1) is 24.5 Å². The summed E-state index contributed by atoms with van der Waals surface area (Å²) >= 11 is 0. The normalized spacial score (nSPS) is 24.2. The molecule has 1 rings (SSSR count). The molecule has 1 aliphatic heterocycles. The molecule has 0 aromatic carbocycles. The van der Waals surface area contributed by atoms with E-state index in [1.54, 1.807) is 66.1 Å². The summed E-state index contributed by atoms with van der Waals surface area (Å²) in [6.45, 7) is 42.4. The predicted octanol–water partition coefficient (Wildman–Crippen LogP) is 4.89. The summed E-state index contributed by atoms with van der Waals surface area (Å²) in [7, 11) is 11.4. The maximum Gasteiger partial charge on any atom is 0.247 e. The summed E-state index contributed by atoms with van der Waals surface area (Å²) < 4.78 is 0. The Labute approximate surface area is 657 Å². The molecular formula is C80H144N14O16. The van der Waals surface area contributed by atoms with Gasteiger partial charge in [0.1, 0.15) is 66.5 Å². The Morgan fingerprint density at radius 3 is 1.39 bits per heavy atom. The van der Waals surface area contributed by atoms with Gasteiger partial charge < -0.3 is 71.3 Å². The van der Waals surface area contributed by atoms with Crippen molar-refractivity contribution in [2.75, 3.05) is 62.9 Å². The number of hydrogen-bond acceptors (Lipinski definition) is 16. The number of carbonyl (C=O) groups excluding carboxylic acids is 14. The molecule has 15 atom stereocenters. The van der Waals surface area contributed by atoms with Gasteiger partial charge in [-0.1, -0.05) is 150 Å². The minimum Gasteiger partial charge on any atom is -0.390 e. The van der Waals surface area contributed by atoms with Crippen LogP contribution in [0.1, 0.15) is 204 Å². The van der Waals surface area contributed by atoms with Crippen LogP contribution in [0, 0.1) is 64.6 Å². The van der Waals surface area contributed by atoms with Crippen LogP contribution in [0.4, 0.5) is 0 Å². The van der Waals surface area contributed by atoms with Crippen LogP contribution in [-0.2, 0) is 67.1 Å². The number of aliphatic hydroxyl groups excluding tert-OH is 1. The van der Waals surface area contributed by atoms with E-state index < -0.39 is 185 Å². The number of likely N-dealkylation sites (N-methyl/N-ethyl adjacent to an activating group) is 8. The van der Waals surface area contributed by atoms with Crippen LogP contribution < -0.4 is 37.4 Å². The molecule has 30 heteroatoms. The van der Waals surface area contributed by atoms with Crippen molar-refractivity contribution in [2.45, 2.75) is 276 Å². The van der Waals surface area contributed by atoms with Crippen LogP contribution in [0.3, 0.4) is 0 Å². The largest absolute Gasteiger partial charge is 0.390 e. The highest BCUT2D eigenvalue weighted by Crippen LogP contribution is 2.29. The van der Waals surface area contributed by atoms with E-state index in [1.807, 2.05) is 96.1 Å². The van der Waals surface area contributed by atoms with E-state index >= 15 is 9.59 Å². The van der Waals surface area contributed by atoms with Crippen LogP contribution in [-0.4, -0.2) is 263 Å². The summed E-state index contributed by atoms with van der Waals surface area (Å²) in [6, 6.07) is -13.1. The van der Waals surface area contributed by atoms with Gasteiger partial charge in [-0.25, -0.2) is 5.48 Å². The highest BCUT2D eigenvalue weighted by molar-refractivity contribution is 6.00. The van der Waals surface area contributed by atoms with E-state index in [0.717, 1.165) is 9.80 Å². The van der Waals surface area contributed by atoms with Crippen molar-refractivity contribution < 1.29 is 77.4 Å². The minimum absolute atomic E-state index is 0.0229. The number of carbonyl (C=O) groups is 14. The maximum absolute atomic E-state index is 15.1. The lowest BCUT2D eigenvalue weighted by molar-refractivity contribution is -0.157. The Balaban J connectivity index is 0.00000401. The van der Waals surface area contributed by atoms with Gasteiger partial charge in [-0.2, -0.15) is 0 Å². The molecule has 1 fully saturated rings. The van der Waals surface area contributed by atoms with E-state index in [0.29, 0.717) is 12.8 Å². The van der Waals surface area contributed by atoms with E-state index in [2.05, 4.69) is 38.5 Å². The monoisotopic (exact) mass is 1560 g/mol. The van der Waals surface area contributed by atoms with Crippen molar-refractivity contribution in [3.05, 3.63) is 24.8 Å². The first-order chi connectivity index (χ1) is 50.7. The first-order valence-corrected chi connectivity index (χ1v) is 39.1. The lowest BCUT2D eigenvalue weighted by Gasteiger charge is -2.41. The van der Waals surface area contributed by atoms with Crippen LogP contribution in [0.15, 0.2) is 24.8 Å². The zero-order chi connectivity index (χ0) is 85.8. The second kappa shape index (κ2) is 47.4. The van der Waals surface area contributed by atoms with Gasteiger partial charge in [0.25, 0.3) is 0 Å². The standard InChI is InChI=1S/C62H111N11O12.C18H33N3O4/c1-25-27-28-40(15)52(75)51-56(79)65-43(26-2)58(81)67(18)33-48(74)68(19)44(29-34(3)4)55(78)66-49(38(11)12)61(84)69(20)45(30-35(5)6)54(77)63-41(16)53(76)64-42(17)57(80)70(21)46(31-36(7)8)59(82)71(22)47(32-37(9)10)60(83)72(23)50(39(13)14)62(85)73(51)24;1-8-9-12(16(23)21-25)13(10-11(2)3)15(22)20-14(17(24)19-7)18(4,5)6/h25,27,34-47,49-52,75H,26,28-33H2,1-24H3,(H,63,77)(H,64,76)(H,65,79)(H,66,78);8,11-14,25H,1,9-10H2,2-7H3,(H,19,24)(H,20,22)(H,21,23)/b27-25+;/t40-,41+,42-,43+,44+,45+,46+,47+,49+,50+,51+,52-;12-,13+,14+/m10/s1. The molecule has 9 N–H and O–H groups in total. The van der Waals surface area contributed by atoms with E-state index in [9.17, 15) is 62.6 Å². The summed E-state index contributed by atoms with van der Waals surface area (Å²) in [6.07, 6.45) is 5.28. The highest BCUT2D eigenvalue weighted by atomic mass is 16.5. The fraction of sp³-hybridized carbons (Fsp3) is 0.775. The van der Waals surface area contributed by atoms with Crippen LogP contribution in [0.5, 0.6) is 0 Å². The number of hydrogen-bond donors (Lipinski definition) is 9. The van der Waals surface area contributed by atoms with Crippen LogP contribution in [0.25, 0.3) is 0 Å². The van der Waals surface area contributed by atoms with Crippen molar-refractivity contribution in [1.82, 2.24) is 71.7 Å². The van der Waals surface area contributed by atoms with Crippen LogP contribution in [0.2, 0.25) is 0 Å². The molecule has 0 aromatic heterocycles.